The first-order valence-corrected chi connectivity index (χ1v) is 22.5. The second-order valence-corrected chi connectivity index (χ2v) is 17.2. The van der Waals surface area contributed by atoms with Crippen LogP contribution in [0.5, 0.6) is 0 Å². The largest absolute Gasteiger partial charge is 0.480 e. The summed E-state index contributed by atoms with van der Waals surface area (Å²) >= 11 is 3.41. The highest BCUT2D eigenvalue weighted by Crippen LogP contribution is 2.17. The second-order valence-electron chi connectivity index (χ2n) is 16.2. The van der Waals surface area contributed by atoms with Crippen molar-refractivity contribution in [1.82, 2.24) is 40.4 Å². The molecule has 0 aliphatic carbocycles. The van der Waals surface area contributed by atoms with Gasteiger partial charge in [0.1, 0.15) is 17.9 Å². The first-order valence-electron chi connectivity index (χ1n) is 21.7. The van der Waals surface area contributed by atoms with Gasteiger partial charge in [0.25, 0.3) is 5.91 Å². The number of urea groups is 1. The van der Waals surface area contributed by atoms with Crippen molar-refractivity contribution < 1.29 is 68.7 Å². The standard InChI is InChI=1S/C44H61BrN8O14/c1-30(54)5-14-36(43(65)66)48-44(67)47-35(42(63)64)4-2-3-15-53(25-32-8-12-34(45)13-9-32)41(62)33-10-6-31(7-11-33)24-46-37(55)26-49-16-18-50(27-38(56)57)20-22-52(29-40(60)61)23-21-51(19-17-49)28-39(58)59/h6-13,35-36H,2-5,14-29H2,1H3,(H,46,55)(H,56,57)(H,58,59)(H,60,61)(H,63,64)(H,65,66)(H2,47,48,67)/t35-,36-/m1/s1. The van der Waals surface area contributed by atoms with Crippen LogP contribution in [0, 0.1) is 0 Å². The molecule has 1 heterocycles. The highest BCUT2D eigenvalue weighted by molar-refractivity contribution is 9.10. The zero-order valence-corrected chi connectivity index (χ0v) is 39.0. The number of carbonyl (C=O) groups excluding carboxylic acids is 4. The maximum absolute atomic E-state index is 13.9. The van der Waals surface area contributed by atoms with Gasteiger partial charge in [0.05, 0.1) is 26.2 Å². The van der Waals surface area contributed by atoms with Gasteiger partial charge < -0.3 is 51.2 Å². The Morgan fingerprint density at radius 1 is 0.597 bits per heavy atom. The Balaban J connectivity index is 1.64. The maximum atomic E-state index is 13.9. The van der Waals surface area contributed by atoms with Gasteiger partial charge in [0, 0.05) is 88.4 Å². The maximum Gasteiger partial charge on any atom is 0.326 e. The highest BCUT2D eigenvalue weighted by atomic mass is 79.9. The summed E-state index contributed by atoms with van der Waals surface area (Å²) in [6.45, 7) is 2.98. The smallest absolute Gasteiger partial charge is 0.326 e. The molecule has 368 valence electrons. The van der Waals surface area contributed by atoms with E-state index in [0.29, 0.717) is 17.5 Å². The Hall–Kier alpha value is -6.01. The number of ketones is 1. The van der Waals surface area contributed by atoms with Gasteiger partial charge in [0.2, 0.25) is 5.91 Å². The highest BCUT2D eigenvalue weighted by Gasteiger charge is 2.26. The molecule has 1 fully saturated rings. The molecule has 0 aromatic heterocycles. The minimum absolute atomic E-state index is 0.0200. The lowest BCUT2D eigenvalue weighted by molar-refractivity contribution is -0.140. The number of nitrogens with zero attached hydrogens (tertiary/aromatic N) is 5. The number of rotatable bonds is 25. The third-order valence-electron chi connectivity index (χ3n) is 10.8. The summed E-state index contributed by atoms with van der Waals surface area (Å²) in [4.78, 5) is 118. The number of carboxylic acid groups (broad SMARTS) is 5. The molecular formula is C44H61BrN8O14. The van der Waals surface area contributed by atoms with Crippen LogP contribution in [0.3, 0.4) is 0 Å². The lowest BCUT2D eigenvalue weighted by Crippen LogP contribution is -2.51. The van der Waals surface area contributed by atoms with Gasteiger partial charge in [-0.1, -0.05) is 40.2 Å². The summed E-state index contributed by atoms with van der Waals surface area (Å²) in [5.41, 5.74) is 1.88. The number of unbranched alkanes of at least 4 members (excludes halogenated alkanes) is 1. The average Bonchev–Trinajstić information content (AvgIpc) is 3.25. The van der Waals surface area contributed by atoms with E-state index in [-0.39, 0.29) is 141 Å². The number of nitrogens with one attached hydrogen (secondary N) is 3. The van der Waals surface area contributed by atoms with Crippen LogP contribution >= 0.6 is 15.9 Å². The van der Waals surface area contributed by atoms with E-state index in [1.165, 1.54) is 6.92 Å². The van der Waals surface area contributed by atoms with Gasteiger partial charge in [-0.05, 0) is 68.0 Å². The Morgan fingerprint density at radius 2 is 1.03 bits per heavy atom. The molecule has 0 bridgehead atoms. The Morgan fingerprint density at radius 3 is 1.46 bits per heavy atom. The van der Waals surface area contributed by atoms with Crippen LogP contribution < -0.4 is 16.0 Å². The van der Waals surface area contributed by atoms with Crippen LogP contribution in [0.15, 0.2) is 53.0 Å². The molecule has 1 saturated heterocycles. The van der Waals surface area contributed by atoms with Crippen LogP contribution in [-0.4, -0.2) is 201 Å². The topological polar surface area (TPSA) is 307 Å². The molecule has 22 nitrogen and oxygen atoms in total. The second kappa shape index (κ2) is 28.9. The summed E-state index contributed by atoms with van der Waals surface area (Å²) in [6.07, 6.45) is 0.370. The van der Waals surface area contributed by atoms with E-state index in [1.54, 1.807) is 43.9 Å². The van der Waals surface area contributed by atoms with Crippen molar-refractivity contribution in [3.05, 3.63) is 69.7 Å². The predicted molar refractivity (Wildman–Crippen MR) is 244 cm³/mol. The number of amides is 4. The van der Waals surface area contributed by atoms with Crippen molar-refractivity contribution in [1.29, 1.82) is 0 Å². The molecule has 0 saturated carbocycles. The van der Waals surface area contributed by atoms with Gasteiger partial charge in [0.15, 0.2) is 0 Å². The van der Waals surface area contributed by atoms with Crippen molar-refractivity contribution in [2.45, 2.75) is 64.2 Å². The number of hydrogen-bond donors (Lipinski definition) is 8. The van der Waals surface area contributed by atoms with Crippen LogP contribution in [0.4, 0.5) is 4.79 Å². The quantitative estimate of drug-likeness (QED) is 0.0642. The first-order chi connectivity index (χ1) is 31.8. The normalized spacial score (nSPS) is 15.4. The van der Waals surface area contributed by atoms with Crippen LogP contribution in [0.2, 0.25) is 0 Å². The molecular weight excluding hydrogens is 944 g/mol. The fourth-order valence-electron chi connectivity index (χ4n) is 7.13. The third kappa shape index (κ3) is 22.4. The van der Waals surface area contributed by atoms with Crippen molar-refractivity contribution in [2.75, 3.05) is 85.1 Å². The minimum Gasteiger partial charge on any atom is -0.480 e. The fourth-order valence-corrected chi connectivity index (χ4v) is 7.39. The van der Waals surface area contributed by atoms with Gasteiger partial charge in [-0.15, -0.1) is 0 Å². The fraction of sp³-hybridized carbons (Fsp3) is 0.523. The number of carbonyl (C=O) groups is 9. The van der Waals surface area contributed by atoms with Gasteiger partial charge in [-0.25, -0.2) is 14.4 Å². The summed E-state index contributed by atoms with van der Waals surface area (Å²) < 4.78 is 0.845. The number of carboxylic acids is 5. The Kier molecular flexibility index (Phi) is 23.9. The van der Waals surface area contributed by atoms with Gasteiger partial charge in [-0.3, -0.25) is 43.6 Å². The van der Waals surface area contributed by atoms with E-state index in [0.717, 1.165) is 10.0 Å². The molecule has 2 aromatic carbocycles. The van der Waals surface area contributed by atoms with Gasteiger partial charge in [-0.2, -0.15) is 0 Å². The number of halogens is 1. The van der Waals surface area contributed by atoms with Crippen molar-refractivity contribution in [2.24, 2.45) is 0 Å². The molecule has 8 N–H and O–H groups in total. The third-order valence-corrected chi connectivity index (χ3v) is 11.3. The molecule has 2 atom stereocenters. The monoisotopic (exact) mass is 1000 g/mol. The molecule has 0 radical (unpaired) electrons. The van der Waals surface area contributed by atoms with Crippen molar-refractivity contribution in [3.63, 3.8) is 0 Å². The molecule has 2 aromatic rings. The van der Waals surface area contributed by atoms with Crippen LogP contribution in [-0.2, 0) is 46.7 Å². The van der Waals surface area contributed by atoms with Gasteiger partial charge >= 0.3 is 35.9 Å². The molecule has 0 spiro atoms. The summed E-state index contributed by atoms with van der Waals surface area (Å²) in [7, 11) is 0. The summed E-state index contributed by atoms with van der Waals surface area (Å²) in [6, 6.07) is 10.3. The molecule has 1 aliphatic rings. The minimum atomic E-state index is -1.39. The lowest BCUT2D eigenvalue weighted by Gasteiger charge is -2.32. The number of Topliss-reactive ketones (excluding diaryl/α,β-unsaturated/α-hetero) is 1. The summed E-state index contributed by atoms with van der Waals surface area (Å²) in [5.74, 6) is -6.79. The van der Waals surface area contributed by atoms with E-state index in [1.807, 2.05) is 29.2 Å². The molecule has 0 unspecified atom stereocenters. The Bertz CT molecular complexity index is 1980. The zero-order valence-electron chi connectivity index (χ0n) is 37.4. The lowest BCUT2D eigenvalue weighted by atomic mass is 10.1. The Labute approximate surface area is 396 Å². The number of aliphatic carboxylic acids is 5. The molecule has 67 heavy (non-hydrogen) atoms. The molecule has 4 amide bonds. The molecule has 1 aliphatic heterocycles. The molecule has 23 heteroatoms. The summed E-state index contributed by atoms with van der Waals surface area (Å²) in [5, 5.41) is 54.9. The average molecular weight is 1010 g/mol. The van der Waals surface area contributed by atoms with Crippen LogP contribution in [0.1, 0.15) is 60.5 Å². The van der Waals surface area contributed by atoms with Crippen molar-refractivity contribution in [3.8, 4) is 0 Å². The molecule has 3 rings (SSSR count). The van der Waals surface area contributed by atoms with E-state index < -0.39 is 48.0 Å². The van der Waals surface area contributed by atoms with E-state index in [4.69, 9.17) is 0 Å². The van der Waals surface area contributed by atoms with E-state index in [9.17, 15) is 68.7 Å². The van der Waals surface area contributed by atoms with Crippen LogP contribution in [0.25, 0.3) is 0 Å². The first kappa shape index (κ1) is 55.3. The SMILES string of the molecule is CC(=O)CC[C@@H](NC(=O)N[C@H](CCCCN(Cc1ccc(Br)cc1)C(=O)c1ccc(CNC(=O)CN2CCN(CC(=O)O)CCN(CC(=O)O)CCN(CC(=O)O)CC2)cc1)C(=O)O)C(=O)O. The predicted octanol–water partition coefficient (Wildman–Crippen LogP) is 0.928. The number of benzene rings is 2. The van der Waals surface area contributed by atoms with E-state index >= 15 is 0 Å². The van der Waals surface area contributed by atoms with Crippen molar-refractivity contribution >= 4 is 69.4 Å². The zero-order chi connectivity index (χ0) is 49.5. The van der Waals surface area contributed by atoms with E-state index in [2.05, 4.69) is 31.9 Å². The number of hydrogen-bond acceptors (Lipinski definition) is 13.